The number of aliphatic hydroxyl groups excluding tert-OH is 1. The van der Waals surface area contributed by atoms with Crippen molar-refractivity contribution in [1.82, 2.24) is 4.98 Å². The second kappa shape index (κ2) is 5.74. The summed E-state index contributed by atoms with van der Waals surface area (Å²) in [5.74, 6) is -0.739. The zero-order valence-electron chi connectivity index (χ0n) is 10.4. The Morgan fingerprint density at radius 1 is 1.65 bits per heavy atom. The third kappa shape index (κ3) is 2.97. The van der Waals surface area contributed by atoms with Crippen molar-refractivity contribution in [2.45, 2.75) is 25.0 Å². The van der Waals surface area contributed by atoms with E-state index in [1.807, 2.05) is 0 Å². The maximum atomic E-state index is 13.5. The third-order valence-electron chi connectivity index (χ3n) is 2.98. The lowest BCUT2D eigenvalue weighted by molar-refractivity contribution is -0.413. The van der Waals surface area contributed by atoms with Gasteiger partial charge in [-0.25, -0.2) is 4.39 Å². The molecule has 1 heterocycles. The van der Waals surface area contributed by atoms with Gasteiger partial charge in [0.1, 0.15) is 17.6 Å². The largest absolute Gasteiger partial charge is 0.393 e. The summed E-state index contributed by atoms with van der Waals surface area (Å²) in [5.41, 5.74) is 4.44. The third-order valence-corrected chi connectivity index (χ3v) is 2.98. The molecule has 1 aromatic heterocycles. The molecule has 0 radical (unpaired) electrons. The minimum Gasteiger partial charge on any atom is -0.393 e. The van der Waals surface area contributed by atoms with Crippen LogP contribution in [-0.2, 0) is 0 Å². The van der Waals surface area contributed by atoms with Gasteiger partial charge in [-0.15, -0.1) is 0 Å². The first-order chi connectivity index (χ1) is 9.49. The summed E-state index contributed by atoms with van der Waals surface area (Å²) in [5, 5.41) is 20.1. The maximum absolute atomic E-state index is 13.5. The Morgan fingerprint density at radius 2 is 2.35 bits per heavy atom. The number of halogens is 1. The van der Waals surface area contributed by atoms with Gasteiger partial charge in [-0.05, 0) is 25.0 Å². The average Bonchev–Trinajstić information content (AvgIpc) is 2.36. The zero-order chi connectivity index (χ0) is 14.7. The predicted octanol–water partition coefficient (Wildman–Crippen LogP) is 0.719. The van der Waals surface area contributed by atoms with Crippen LogP contribution in [0.5, 0.6) is 0 Å². The van der Waals surface area contributed by atoms with Crippen LogP contribution in [0.3, 0.4) is 0 Å². The molecule has 1 aliphatic carbocycles. The molecule has 0 aliphatic heterocycles. The highest BCUT2D eigenvalue weighted by atomic mass is 19.1. The standard InChI is InChI=1S/C12H13FN4O3/c13-9-2-1-3-15-12(9)11(14)10(17(19)20)6-16-7-4-8(18)5-7/h1-3,6-8,18H,4-5,14H2. The van der Waals surface area contributed by atoms with Crippen molar-refractivity contribution in [3.8, 4) is 0 Å². The monoisotopic (exact) mass is 280 g/mol. The number of nitrogens with zero attached hydrogens (tertiary/aromatic N) is 3. The SMILES string of the molecule is NC(=C(C=NC1CC(O)C1)[N+](=O)[O-])c1ncccc1F. The van der Waals surface area contributed by atoms with E-state index in [1.165, 1.54) is 12.3 Å². The first-order valence-corrected chi connectivity index (χ1v) is 5.95. The molecule has 106 valence electrons. The van der Waals surface area contributed by atoms with Gasteiger partial charge in [0.15, 0.2) is 5.82 Å². The minimum absolute atomic E-state index is 0.165. The molecule has 7 nitrogen and oxygen atoms in total. The number of aliphatic hydroxyl groups is 1. The van der Waals surface area contributed by atoms with Crippen LogP contribution in [0.2, 0.25) is 0 Å². The van der Waals surface area contributed by atoms with Gasteiger partial charge in [-0.1, -0.05) is 0 Å². The van der Waals surface area contributed by atoms with Crippen LogP contribution in [0.1, 0.15) is 18.5 Å². The summed E-state index contributed by atoms with van der Waals surface area (Å²) in [7, 11) is 0. The first kappa shape index (κ1) is 14.1. The topological polar surface area (TPSA) is 115 Å². The van der Waals surface area contributed by atoms with Gasteiger partial charge in [0.05, 0.1) is 17.1 Å². The van der Waals surface area contributed by atoms with Crippen molar-refractivity contribution in [2.24, 2.45) is 10.7 Å². The van der Waals surface area contributed by atoms with Crippen molar-refractivity contribution in [3.63, 3.8) is 0 Å². The molecule has 0 bridgehead atoms. The van der Waals surface area contributed by atoms with E-state index in [4.69, 9.17) is 10.8 Å². The smallest absolute Gasteiger partial charge is 0.312 e. The first-order valence-electron chi connectivity index (χ1n) is 5.95. The van der Waals surface area contributed by atoms with Gasteiger partial charge >= 0.3 is 5.70 Å². The number of nitro groups is 1. The lowest BCUT2D eigenvalue weighted by Gasteiger charge is -2.27. The molecule has 1 saturated carbocycles. The van der Waals surface area contributed by atoms with E-state index in [2.05, 4.69) is 9.98 Å². The Hall–Kier alpha value is -2.35. The molecule has 8 heteroatoms. The number of nitrogens with two attached hydrogens (primary N) is 1. The molecule has 0 amide bonds. The molecule has 0 spiro atoms. The highest BCUT2D eigenvalue weighted by molar-refractivity contribution is 5.86. The molecule has 0 saturated heterocycles. The van der Waals surface area contributed by atoms with Gasteiger partial charge in [0.25, 0.3) is 0 Å². The Labute approximate surface area is 113 Å². The van der Waals surface area contributed by atoms with Crippen molar-refractivity contribution >= 4 is 11.9 Å². The average molecular weight is 280 g/mol. The highest BCUT2D eigenvalue weighted by Crippen LogP contribution is 2.23. The quantitative estimate of drug-likeness (QED) is 0.479. The fourth-order valence-corrected chi connectivity index (χ4v) is 1.78. The van der Waals surface area contributed by atoms with E-state index in [0.717, 1.165) is 12.3 Å². The van der Waals surface area contributed by atoms with Gasteiger partial charge in [-0.3, -0.25) is 20.1 Å². The van der Waals surface area contributed by atoms with E-state index < -0.39 is 22.5 Å². The lowest BCUT2D eigenvalue weighted by atomic mass is 9.90. The van der Waals surface area contributed by atoms with Crippen LogP contribution in [-0.4, -0.2) is 33.4 Å². The molecule has 20 heavy (non-hydrogen) atoms. The van der Waals surface area contributed by atoms with Crippen LogP contribution in [0.4, 0.5) is 4.39 Å². The number of hydrogen-bond donors (Lipinski definition) is 2. The molecule has 1 aliphatic rings. The fourth-order valence-electron chi connectivity index (χ4n) is 1.78. The molecule has 1 fully saturated rings. The van der Waals surface area contributed by atoms with Crippen molar-refractivity contribution in [1.29, 1.82) is 0 Å². The highest BCUT2D eigenvalue weighted by Gasteiger charge is 2.27. The summed E-state index contributed by atoms with van der Waals surface area (Å²) >= 11 is 0. The van der Waals surface area contributed by atoms with Crippen molar-refractivity contribution in [3.05, 3.63) is 45.7 Å². The number of allylic oxidation sites excluding steroid dienone is 1. The number of rotatable bonds is 4. The second-order valence-electron chi connectivity index (χ2n) is 4.45. The van der Waals surface area contributed by atoms with Crippen LogP contribution >= 0.6 is 0 Å². The van der Waals surface area contributed by atoms with Crippen LogP contribution in [0.25, 0.3) is 5.70 Å². The fraction of sp³-hybridized carbons (Fsp3) is 0.333. The minimum atomic E-state index is -0.739. The number of pyridine rings is 1. The number of hydrogen-bond acceptors (Lipinski definition) is 6. The molecule has 1 aromatic rings. The Balaban J connectivity index is 2.29. The predicted molar refractivity (Wildman–Crippen MR) is 69.8 cm³/mol. The maximum Gasteiger partial charge on any atom is 0.312 e. The molecular weight excluding hydrogens is 267 g/mol. The van der Waals surface area contributed by atoms with Crippen LogP contribution < -0.4 is 5.73 Å². The number of aliphatic imine (C=N–C) groups is 1. The summed E-state index contributed by atoms with van der Waals surface area (Å²) in [6.45, 7) is 0. The van der Waals surface area contributed by atoms with Gasteiger partial charge in [0.2, 0.25) is 0 Å². The summed E-state index contributed by atoms with van der Waals surface area (Å²) in [4.78, 5) is 17.9. The second-order valence-corrected chi connectivity index (χ2v) is 4.45. The molecule has 0 unspecified atom stereocenters. The Morgan fingerprint density at radius 3 is 2.90 bits per heavy atom. The molecule has 3 N–H and O–H groups in total. The van der Waals surface area contributed by atoms with Crippen molar-refractivity contribution in [2.75, 3.05) is 0 Å². The Kier molecular flexibility index (Phi) is 4.04. The lowest BCUT2D eigenvalue weighted by Crippen LogP contribution is -2.31. The zero-order valence-corrected chi connectivity index (χ0v) is 10.4. The molecule has 0 aromatic carbocycles. The van der Waals surface area contributed by atoms with E-state index in [1.54, 1.807) is 0 Å². The molecular formula is C12H13FN4O3. The van der Waals surface area contributed by atoms with Gasteiger partial charge in [-0.2, -0.15) is 0 Å². The molecule has 2 rings (SSSR count). The van der Waals surface area contributed by atoms with E-state index in [0.29, 0.717) is 12.8 Å². The van der Waals surface area contributed by atoms with Gasteiger partial charge < -0.3 is 10.8 Å². The molecule has 0 atom stereocenters. The van der Waals surface area contributed by atoms with Gasteiger partial charge in [0, 0.05) is 6.20 Å². The van der Waals surface area contributed by atoms with E-state index >= 15 is 0 Å². The summed E-state index contributed by atoms with van der Waals surface area (Å²) in [6.07, 6.45) is 2.80. The van der Waals surface area contributed by atoms with E-state index in [-0.39, 0.29) is 17.4 Å². The van der Waals surface area contributed by atoms with E-state index in [9.17, 15) is 14.5 Å². The summed E-state index contributed by atoms with van der Waals surface area (Å²) < 4.78 is 13.5. The van der Waals surface area contributed by atoms with Crippen molar-refractivity contribution < 1.29 is 14.4 Å². The van der Waals surface area contributed by atoms with Crippen LogP contribution in [0, 0.1) is 15.9 Å². The Bertz CT molecular complexity index is 582. The summed E-state index contributed by atoms with van der Waals surface area (Å²) in [6, 6.07) is 2.31. The number of aromatic nitrogens is 1. The van der Waals surface area contributed by atoms with Crippen LogP contribution in [0.15, 0.2) is 29.0 Å². The normalized spacial score (nSPS) is 23.3.